The molecule has 1 unspecified atom stereocenters. The van der Waals surface area contributed by atoms with Crippen LogP contribution < -0.4 is 0 Å². The molecule has 3 nitrogen and oxygen atoms in total. The predicted molar refractivity (Wildman–Crippen MR) is 96.4 cm³/mol. The van der Waals surface area contributed by atoms with E-state index in [9.17, 15) is 9.90 Å². The van der Waals surface area contributed by atoms with Gasteiger partial charge in [0.05, 0.1) is 0 Å². The summed E-state index contributed by atoms with van der Waals surface area (Å²) < 4.78 is 5.80. The minimum absolute atomic E-state index is 0.177. The first-order valence-corrected chi connectivity index (χ1v) is 9.85. The summed E-state index contributed by atoms with van der Waals surface area (Å²) >= 11 is 0. The largest absolute Gasteiger partial charge is 0.365 e. The summed E-state index contributed by atoms with van der Waals surface area (Å²) in [4.78, 5) is 11.9. The maximum absolute atomic E-state index is 11.9. The van der Waals surface area contributed by atoms with Crippen molar-refractivity contribution in [2.45, 2.75) is 71.0 Å². The van der Waals surface area contributed by atoms with E-state index in [1.165, 1.54) is 5.57 Å². The lowest BCUT2D eigenvalue weighted by atomic mass is 9.48. The summed E-state index contributed by atoms with van der Waals surface area (Å²) in [5.41, 5.74) is 1.36. The van der Waals surface area contributed by atoms with Crippen LogP contribution in [0.25, 0.3) is 0 Å². The molecule has 4 aliphatic rings. The molecule has 0 aromatic rings. The predicted octanol–water partition coefficient (Wildman–Crippen LogP) is 3.86. The number of ether oxygens (including phenoxy) is 1. The van der Waals surface area contributed by atoms with Crippen molar-refractivity contribution in [2.24, 2.45) is 28.6 Å². The molecule has 4 rings (SSSR count). The van der Waals surface area contributed by atoms with E-state index < -0.39 is 5.79 Å². The van der Waals surface area contributed by atoms with Crippen molar-refractivity contribution in [1.82, 2.24) is 0 Å². The molecule has 3 saturated carbocycles. The molecule has 0 radical (unpaired) electrons. The van der Waals surface area contributed by atoms with E-state index in [1.54, 1.807) is 0 Å². The number of carbonyl (C=O) groups is 1. The van der Waals surface area contributed by atoms with Crippen LogP contribution in [0.4, 0.5) is 0 Å². The van der Waals surface area contributed by atoms with Crippen molar-refractivity contribution in [3.05, 3.63) is 11.6 Å². The molecule has 3 fully saturated rings. The molecular formula is C22H30O3. The number of carbonyl (C=O) groups excluding carboxylic acids is 1. The molecule has 0 heterocycles. The summed E-state index contributed by atoms with van der Waals surface area (Å²) in [5, 5.41) is 11.2. The molecule has 25 heavy (non-hydrogen) atoms. The number of terminal acetylenes is 1. The summed E-state index contributed by atoms with van der Waals surface area (Å²) in [6.07, 6.45) is 15.0. The van der Waals surface area contributed by atoms with Crippen LogP contribution in [0.5, 0.6) is 0 Å². The second-order valence-electron chi connectivity index (χ2n) is 9.25. The lowest BCUT2D eigenvalue weighted by Crippen LogP contribution is -2.55. The topological polar surface area (TPSA) is 46.5 Å². The minimum Gasteiger partial charge on any atom is -0.365 e. The normalized spacial score (nSPS) is 48.8. The molecule has 0 aromatic heterocycles. The highest BCUT2D eigenvalue weighted by molar-refractivity contribution is 5.82. The van der Waals surface area contributed by atoms with Gasteiger partial charge in [-0.05, 0) is 55.3 Å². The van der Waals surface area contributed by atoms with E-state index >= 15 is 0 Å². The summed E-state index contributed by atoms with van der Waals surface area (Å²) in [6.45, 7) is 4.78. The number of aliphatic hydroxyl groups is 1. The third-order valence-electron chi connectivity index (χ3n) is 8.41. The summed E-state index contributed by atoms with van der Waals surface area (Å²) in [6, 6.07) is 0. The standard InChI is InChI=1S/C22H30O3/c1-4-13-25-22(24)12-9-19-17-6-5-15-14-16(23)7-10-20(15,2)18(17)8-11-21(19,22)3/h1,5,17-19,24H,6-14H2,2-3H3/t17?,18-,19-,20+,21+,22+/m1/s1. The maximum Gasteiger partial charge on any atom is 0.172 e. The SMILES string of the molecule is C#CCO[C@@]1(O)CC[C@@H]2C3CC=C4CC(=O)CC[C@]4(C)[C@@H]3CC[C@@]21C. The van der Waals surface area contributed by atoms with Crippen molar-refractivity contribution >= 4 is 5.78 Å². The zero-order chi connectivity index (χ0) is 17.9. The van der Waals surface area contributed by atoms with E-state index in [2.05, 4.69) is 25.8 Å². The van der Waals surface area contributed by atoms with Gasteiger partial charge in [0.2, 0.25) is 0 Å². The lowest BCUT2D eigenvalue weighted by Gasteiger charge is -2.58. The van der Waals surface area contributed by atoms with Gasteiger partial charge in [0, 0.05) is 24.7 Å². The first-order valence-electron chi connectivity index (χ1n) is 9.85. The van der Waals surface area contributed by atoms with Crippen LogP contribution in [0.2, 0.25) is 0 Å². The fraction of sp³-hybridized carbons (Fsp3) is 0.773. The Morgan fingerprint density at radius 3 is 2.80 bits per heavy atom. The van der Waals surface area contributed by atoms with Crippen LogP contribution in [0.3, 0.4) is 0 Å². The molecular weight excluding hydrogens is 312 g/mol. The average molecular weight is 342 g/mol. The van der Waals surface area contributed by atoms with Crippen LogP contribution in [-0.2, 0) is 9.53 Å². The molecule has 0 spiro atoms. The molecule has 136 valence electrons. The average Bonchev–Trinajstić information content (AvgIpc) is 2.85. The number of fused-ring (bicyclic) bond motifs is 5. The second-order valence-corrected chi connectivity index (χ2v) is 9.25. The Bertz CT molecular complexity index is 659. The molecule has 0 aliphatic heterocycles. The van der Waals surface area contributed by atoms with E-state index in [4.69, 9.17) is 11.2 Å². The number of Topliss-reactive ketones (excluding diaryl/α,β-unsaturated/α-hetero) is 1. The summed E-state index contributed by atoms with van der Waals surface area (Å²) in [7, 11) is 0. The van der Waals surface area contributed by atoms with Crippen LogP contribution in [-0.4, -0.2) is 23.3 Å². The van der Waals surface area contributed by atoms with Gasteiger partial charge in [0.1, 0.15) is 12.4 Å². The van der Waals surface area contributed by atoms with E-state index in [0.29, 0.717) is 36.4 Å². The Kier molecular flexibility index (Phi) is 3.94. The first kappa shape index (κ1) is 17.3. The fourth-order valence-electron chi connectivity index (χ4n) is 6.85. The Labute approximate surface area is 151 Å². The quantitative estimate of drug-likeness (QED) is 0.471. The number of hydrogen-bond donors (Lipinski definition) is 1. The van der Waals surface area contributed by atoms with Crippen LogP contribution >= 0.6 is 0 Å². The van der Waals surface area contributed by atoms with Gasteiger partial charge in [-0.1, -0.05) is 31.4 Å². The van der Waals surface area contributed by atoms with Crippen molar-refractivity contribution < 1.29 is 14.6 Å². The van der Waals surface area contributed by atoms with Gasteiger partial charge in [0.15, 0.2) is 5.79 Å². The smallest absolute Gasteiger partial charge is 0.172 e. The van der Waals surface area contributed by atoms with Crippen molar-refractivity contribution in [2.75, 3.05) is 6.61 Å². The maximum atomic E-state index is 11.9. The molecule has 3 heteroatoms. The Morgan fingerprint density at radius 2 is 2.04 bits per heavy atom. The Balaban J connectivity index is 1.64. The van der Waals surface area contributed by atoms with Gasteiger partial charge in [0.25, 0.3) is 0 Å². The molecule has 0 bridgehead atoms. The van der Waals surface area contributed by atoms with E-state index in [1.807, 2.05) is 0 Å². The Hall–Kier alpha value is -1.11. The number of hydrogen-bond acceptors (Lipinski definition) is 3. The van der Waals surface area contributed by atoms with Gasteiger partial charge in [-0.2, -0.15) is 0 Å². The monoisotopic (exact) mass is 342 g/mol. The van der Waals surface area contributed by atoms with Crippen molar-refractivity contribution in [1.29, 1.82) is 0 Å². The molecule has 6 atom stereocenters. The number of allylic oxidation sites excluding steroid dienone is 2. The fourth-order valence-corrected chi connectivity index (χ4v) is 6.85. The van der Waals surface area contributed by atoms with Gasteiger partial charge < -0.3 is 9.84 Å². The first-order chi connectivity index (χ1) is 11.8. The van der Waals surface area contributed by atoms with Crippen LogP contribution in [0.1, 0.15) is 65.2 Å². The number of ketones is 1. The van der Waals surface area contributed by atoms with Crippen LogP contribution in [0.15, 0.2) is 11.6 Å². The van der Waals surface area contributed by atoms with Crippen molar-refractivity contribution in [3.8, 4) is 12.3 Å². The minimum atomic E-state index is -1.08. The van der Waals surface area contributed by atoms with Crippen LogP contribution in [0, 0.1) is 40.9 Å². The molecule has 4 aliphatic carbocycles. The van der Waals surface area contributed by atoms with Gasteiger partial charge >= 0.3 is 0 Å². The van der Waals surface area contributed by atoms with Gasteiger partial charge in [-0.3, -0.25) is 4.79 Å². The molecule has 0 aromatic carbocycles. The highest BCUT2D eigenvalue weighted by atomic mass is 16.6. The van der Waals surface area contributed by atoms with Crippen molar-refractivity contribution in [3.63, 3.8) is 0 Å². The zero-order valence-electron chi connectivity index (χ0n) is 15.5. The molecule has 1 N–H and O–H groups in total. The molecule has 0 amide bonds. The van der Waals surface area contributed by atoms with Gasteiger partial charge in [-0.25, -0.2) is 0 Å². The second kappa shape index (κ2) is 5.69. The Morgan fingerprint density at radius 1 is 1.28 bits per heavy atom. The van der Waals surface area contributed by atoms with E-state index in [0.717, 1.165) is 38.5 Å². The lowest BCUT2D eigenvalue weighted by molar-refractivity contribution is -0.269. The number of rotatable bonds is 2. The third-order valence-corrected chi connectivity index (χ3v) is 8.41. The highest BCUT2D eigenvalue weighted by Gasteiger charge is 2.64. The third kappa shape index (κ3) is 2.30. The van der Waals surface area contributed by atoms with Gasteiger partial charge in [-0.15, -0.1) is 6.42 Å². The summed E-state index contributed by atoms with van der Waals surface area (Å²) in [5.74, 6) is 3.53. The molecule has 0 saturated heterocycles. The highest BCUT2D eigenvalue weighted by Crippen LogP contribution is 2.67. The van der Waals surface area contributed by atoms with E-state index in [-0.39, 0.29) is 17.4 Å². The zero-order valence-corrected chi connectivity index (χ0v) is 15.5.